The second-order valence-electron chi connectivity index (χ2n) is 13.0. The number of esters is 1. The molecule has 2 aliphatic rings. The Balaban J connectivity index is 0.000000251. The third-order valence-corrected chi connectivity index (χ3v) is 9.68. The summed E-state index contributed by atoms with van der Waals surface area (Å²) in [7, 11) is 3.31. The zero-order chi connectivity index (χ0) is 39.3. The Kier molecular flexibility index (Phi) is 11.0. The van der Waals surface area contributed by atoms with E-state index in [9.17, 15) is 19.2 Å². The van der Waals surface area contributed by atoms with Crippen LogP contribution < -0.4 is 26.7 Å². The normalized spacial score (nSPS) is 13.2. The van der Waals surface area contributed by atoms with E-state index in [1.54, 1.807) is 55.8 Å². The molecule has 19 heteroatoms. The smallest absolute Gasteiger partial charge is 0.302 e. The van der Waals surface area contributed by atoms with Crippen molar-refractivity contribution in [2.24, 2.45) is 14.1 Å². The first-order chi connectivity index (χ1) is 27.1. The molecule has 0 saturated heterocycles. The number of rotatable bonds is 8. The summed E-state index contributed by atoms with van der Waals surface area (Å²) >= 11 is 3.31. The van der Waals surface area contributed by atoms with Crippen molar-refractivity contribution in [3.05, 3.63) is 115 Å². The Morgan fingerprint density at radius 1 is 0.893 bits per heavy atom. The van der Waals surface area contributed by atoms with Crippen LogP contribution in [0.25, 0.3) is 11.1 Å². The zero-order valence-corrected chi connectivity index (χ0v) is 32.2. The highest BCUT2D eigenvalue weighted by Gasteiger charge is 2.32. The molecule has 18 nitrogen and oxygen atoms in total. The Morgan fingerprint density at radius 3 is 2.43 bits per heavy atom. The minimum absolute atomic E-state index is 0.0908. The highest BCUT2D eigenvalue weighted by molar-refractivity contribution is 9.10. The van der Waals surface area contributed by atoms with Crippen LogP contribution in [-0.4, -0.2) is 67.5 Å². The van der Waals surface area contributed by atoms with Crippen molar-refractivity contribution in [3.8, 4) is 11.1 Å². The van der Waals surface area contributed by atoms with E-state index in [-0.39, 0.29) is 35.3 Å². The summed E-state index contributed by atoms with van der Waals surface area (Å²) in [5.74, 6) is 0.442. The van der Waals surface area contributed by atoms with E-state index in [1.807, 2.05) is 6.07 Å². The van der Waals surface area contributed by atoms with Gasteiger partial charge in [0, 0.05) is 74.0 Å². The van der Waals surface area contributed by atoms with Gasteiger partial charge in [0.15, 0.2) is 5.82 Å². The zero-order valence-electron chi connectivity index (χ0n) is 30.6. The molecule has 0 aromatic carbocycles. The molecule has 8 rings (SSSR count). The fraction of sp³-hybridized carbons (Fsp3) is 0.270. The number of ether oxygens (including phenoxy) is 1. The van der Waals surface area contributed by atoms with Gasteiger partial charge < -0.3 is 29.1 Å². The van der Waals surface area contributed by atoms with E-state index in [0.29, 0.717) is 52.8 Å². The molecule has 0 spiro atoms. The van der Waals surface area contributed by atoms with Gasteiger partial charge in [-0.2, -0.15) is 5.10 Å². The molecule has 0 bridgehead atoms. The van der Waals surface area contributed by atoms with Gasteiger partial charge in [0.25, 0.3) is 17.0 Å². The molecule has 2 N–H and O–H groups in total. The van der Waals surface area contributed by atoms with Gasteiger partial charge in [0.1, 0.15) is 35.8 Å². The van der Waals surface area contributed by atoms with Crippen molar-refractivity contribution >= 4 is 56.8 Å². The number of carbonyl (C=O) groups excluding carboxylic acids is 2. The van der Waals surface area contributed by atoms with Crippen molar-refractivity contribution < 1.29 is 14.3 Å². The summed E-state index contributed by atoms with van der Waals surface area (Å²) in [4.78, 5) is 64.4. The predicted octanol–water partition coefficient (Wildman–Crippen LogP) is 3.86. The Hall–Kier alpha value is -6.63. The average Bonchev–Trinajstić information content (AvgIpc) is 3.58. The fourth-order valence-electron chi connectivity index (χ4n) is 6.72. The highest BCUT2D eigenvalue weighted by atomic mass is 79.9. The Labute approximate surface area is 327 Å². The van der Waals surface area contributed by atoms with Crippen LogP contribution in [0, 0.1) is 0 Å². The van der Waals surface area contributed by atoms with Gasteiger partial charge in [-0.3, -0.25) is 24.1 Å². The third-order valence-electron chi connectivity index (χ3n) is 9.24. The molecule has 6 aromatic heterocycles. The van der Waals surface area contributed by atoms with Crippen LogP contribution >= 0.6 is 15.9 Å². The molecule has 6 aromatic rings. The van der Waals surface area contributed by atoms with Crippen LogP contribution in [0.3, 0.4) is 0 Å². The molecular weight excluding hydrogens is 786 g/mol. The Morgan fingerprint density at radius 2 is 1.68 bits per heavy atom. The van der Waals surface area contributed by atoms with E-state index in [1.165, 1.54) is 52.2 Å². The molecule has 0 saturated carbocycles. The number of amides is 1. The largest absolute Gasteiger partial charge is 0.461 e. The molecule has 56 heavy (non-hydrogen) atoms. The van der Waals surface area contributed by atoms with E-state index in [0.717, 1.165) is 30.2 Å². The van der Waals surface area contributed by atoms with Crippen LogP contribution in [0.2, 0.25) is 0 Å². The van der Waals surface area contributed by atoms with Gasteiger partial charge in [0.05, 0.1) is 18.6 Å². The molecule has 7 heterocycles. The predicted molar refractivity (Wildman–Crippen MR) is 209 cm³/mol. The van der Waals surface area contributed by atoms with Crippen LogP contribution in [-0.2, 0) is 49.6 Å². The van der Waals surface area contributed by atoms with Gasteiger partial charge in [-0.15, -0.1) is 15.3 Å². The molecule has 1 amide bonds. The molecule has 0 atom stereocenters. The summed E-state index contributed by atoms with van der Waals surface area (Å²) in [6, 6.07) is 7.15. The second-order valence-corrected chi connectivity index (χ2v) is 13.9. The van der Waals surface area contributed by atoms with Crippen molar-refractivity contribution in [1.82, 2.24) is 49.0 Å². The molecule has 0 unspecified atom stereocenters. The molecule has 0 fully saturated rings. The number of halogens is 1. The molecule has 286 valence electrons. The first kappa shape index (κ1) is 37.7. The van der Waals surface area contributed by atoms with E-state index in [2.05, 4.69) is 66.5 Å². The summed E-state index contributed by atoms with van der Waals surface area (Å²) in [6.07, 6.45) is 15.0. The first-order valence-electron chi connectivity index (χ1n) is 17.6. The van der Waals surface area contributed by atoms with Gasteiger partial charge in [-0.25, -0.2) is 15.0 Å². The lowest BCUT2D eigenvalue weighted by molar-refractivity contribution is -0.142. The lowest BCUT2D eigenvalue weighted by Gasteiger charge is -2.31. The lowest BCUT2D eigenvalue weighted by Crippen LogP contribution is -2.41. The van der Waals surface area contributed by atoms with Crippen molar-refractivity contribution in [3.63, 3.8) is 0 Å². The lowest BCUT2D eigenvalue weighted by atomic mass is 9.98. The number of anilines is 5. The maximum Gasteiger partial charge on any atom is 0.302 e. The summed E-state index contributed by atoms with van der Waals surface area (Å²) < 4.78 is 11.3. The molecule has 1 aliphatic heterocycles. The minimum atomic E-state index is -0.455. The number of fused-ring (bicyclic) bond motifs is 3. The number of carbonyl (C=O) groups is 2. The monoisotopic (exact) mass is 821 g/mol. The number of aryl methyl sites for hydroxylation is 3. The van der Waals surface area contributed by atoms with E-state index >= 15 is 0 Å². The van der Waals surface area contributed by atoms with Gasteiger partial charge in [0.2, 0.25) is 5.95 Å². The van der Waals surface area contributed by atoms with E-state index in [4.69, 9.17) is 4.74 Å². The van der Waals surface area contributed by atoms with Crippen LogP contribution in [0.4, 0.5) is 29.0 Å². The van der Waals surface area contributed by atoms with Gasteiger partial charge in [-0.05, 0) is 77.0 Å². The topological polar surface area (TPSA) is 210 Å². The number of hydrogen-bond donors (Lipinski definition) is 2. The average molecular weight is 823 g/mol. The van der Waals surface area contributed by atoms with E-state index < -0.39 is 5.97 Å². The standard InChI is InChI=1S/C28H28N8O4.C9H8BrN5O/c1-17(37)40-16-21-20(19-13-22(26(38)34(2)15-19)32-28-30-9-10-31-33-28)7-8-29-25(21)36-12-11-35-23-6-4-3-5-18(23)14-24(35)27(36)39;1-15-4-6(10)2-7(9(15)16)13-8-3-11-5-12-14-8/h7-10,13-15H,3-6,11-12,16H2,1-2H3,(H,30,32,33);2-5H,1H3,(H,13,14). The quantitative estimate of drug-likeness (QED) is 0.209. The minimum Gasteiger partial charge on any atom is -0.461 e. The summed E-state index contributed by atoms with van der Waals surface area (Å²) in [6.45, 7) is 2.34. The third kappa shape index (κ3) is 8.07. The summed E-state index contributed by atoms with van der Waals surface area (Å²) in [5.41, 5.74) is 5.29. The highest BCUT2D eigenvalue weighted by Crippen LogP contribution is 2.35. The van der Waals surface area contributed by atoms with Gasteiger partial charge >= 0.3 is 5.97 Å². The van der Waals surface area contributed by atoms with Crippen LogP contribution in [0.15, 0.2) is 81.8 Å². The van der Waals surface area contributed by atoms with Crippen molar-refractivity contribution in [2.45, 2.75) is 45.8 Å². The fourth-order valence-corrected chi connectivity index (χ4v) is 7.25. The first-order valence-corrected chi connectivity index (χ1v) is 18.4. The van der Waals surface area contributed by atoms with Crippen molar-refractivity contribution in [2.75, 3.05) is 22.1 Å². The number of hydrogen-bond acceptors (Lipinski definition) is 14. The second kappa shape index (κ2) is 16.4. The summed E-state index contributed by atoms with van der Waals surface area (Å²) in [5, 5.41) is 20.9. The molecule has 0 radical (unpaired) electrons. The van der Waals surface area contributed by atoms with Crippen molar-refractivity contribution in [1.29, 1.82) is 0 Å². The van der Waals surface area contributed by atoms with Crippen LogP contribution in [0.1, 0.15) is 47.1 Å². The molecule has 1 aliphatic carbocycles. The Bertz CT molecular complexity index is 2540. The van der Waals surface area contributed by atoms with Crippen LogP contribution in [0.5, 0.6) is 0 Å². The number of pyridine rings is 3. The maximum atomic E-state index is 13.8. The SMILES string of the molecule is CC(=O)OCc1c(-c2cc(Nc3nccnn3)c(=O)n(C)c2)ccnc1N1CCn2c(cc3c2CCCC3)C1=O.Cn1cc(Br)cc(Nc2cncnn2)c1=O. The number of nitrogens with one attached hydrogen (secondary N) is 2. The molecular formula is C37H36BrN13O5. The van der Waals surface area contributed by atoms with Gasteiger partial charge in [-0.1, -0.05) is 0 Å². The number of nitrogens with zero attached hydrogens (tertiary/aromatic N) is 11. The maximum absolute atomic E-state index is 13.8. The number of aromatic nitrogens is 10.